The number of hydrogen-bond donors (Lipinski definition) is 1. The van der Waals surface area contributed by atoms with Crippen LogP contribution >= 0.6 is 11.8 Å². The Morgan fingerprint density at radius 1 is 1.12 bits per heavy atom. The van der Waals surface area contributed by atoms with Gasteiger partial charge in [-0.1, -0.05) is 12.1 Å². The lowest BCUT2D eigenvalue weighted by Crippen LogP contribution is -2.49. The zero-order valence-electron chi connectivity index (χ0n) is 15.1. The minimum absolute atomic E-state index is 0.0289. The fourth-order valence-corrected chi connectivity index (χ4v) is 7.62. The highest BCUT2D eigenvalue weighted by atomic mass is 32.2. The first-order valence-electron chi connectivity index (χ1n) is 9.48. The number of anilines is 1. The number of benzene rings is 1. The first-order valence-corrected chi connectivity index (χ1v) is 10.4. The van der Waals surface area contributed by atoms with Gasteiger partial charge in [0, 0.05) is 10.4 Å². The van der Waals surface area contributed by atoms with Crippen LogP contribution < -0.4 is 5.32 Å². The molecule has 1 amide bonds. The number of amides is 1. The highest BCUT2D eigenvalue weighted by Gasteiger charge is 2.52. The summed E-state index contributed by atoms with van der Waals surface area (Å²) in [5, 5.41) is 3.20. The average Bonchev–Trinajstić information content (AvgIpc) is 2.49. The number of rotatable bonds is 4. The maximum Gasteiger partial charge on any atom is 0.237 e. The van der Waals surface area contributed by atoms with Crippen LogP contribution in [0.25, 0.3) is 0 Å². The predicted molar refractivity (Wildman–Crippen MR) is 103 cm³/mol. The Kier molecular flexibility index (Phi) is 4.19. The third-order valence-electron chi connectivity index (χ3n) is 6.43. The van der Waals surface area contributed by atoms with Gasteiger partial charge in [0.1, 0.15) is 0 Å². The second-order valence-corrected chi connectivity index (χ2v) is 10.5. The predicted octanol–water partition coefficient (Wildman–Crippen LogP) is 5.33. The number of aryl methyl sites for hydroxylation is 2. The van der Waals surface area contributed by atoms with E-state index < -0.39 is 0 Å². The highest BCUT2D eigenvalue weighted by Crippen LogP contribution is 2.61. The van der Waals surface area contributed by atoms with Gasteiger partial charge in [0.05, 0.1) is 5.25 Å². The summed E-state index contributed by atoms with van der Waals surface area (Å²) in [6, 6.07) is 6.26. The van der Waals surface area contributed by atoms with Gasteiger partial charge in [0.2, 0.25) is 5.91 Å². The zero-order valence-corrected chi connectivity index (χ0v) is 15.9. The van der Waals surface area contributed by atoms with Crippen LogP contribution in [0.3, 0.4) is 0 Å². The molecule has 24 heavy (non-hydrogen) atoms. The molecule has 3 heteroatoms. The van der Waals surface area contributed by atoms with E-state index in [1.54, 1.807) is 0 Å². The van der Waals surface area contributed by atoms with Crippen molar-refractivity contribution in [3.8, 4) is 0 Å². The molecule has 1 atom stereocenters. The van der Waals surface area contributed by atoms with E-state index in [-0.39, 0.29) is 11.2 Å². The number of carbonyl (C=O) groups excluding carboxylic acids is 1. The summed E-state index contributed by atoms with van der Waals surface area (Å²) >= 11 is 1.98. The van der Waals surface area contributed by atoms with Crippen LogP contribution in [-0.2, 0) is 4.79 Å². The average molecular weight is 344 g/mol. The molecule has 1 aromatic rings. The fourth-order valence-electron chi connectivity index (χ4n) is 5.71. The third-order valence-corrected chi connectivity index (χ3v) is 8.00. The van der Waals surface area contributed by atoms with Crippen LogP contribution in [0, 0.1) is 31.6 Å². The largest absolute Gasteiger partial charge is 0.325 e. The van der Waals surface area contributed by atoms with E-state index >= 15 is 0 Å². The topological polar surface area (TPSA) is 29.1 Å². The molecule has 0 unspecified atom stereocenters. The summed E-state index contributed by atoms with van der Waals surface area (Å²) < 4.78 is 0.396. The van der Waals surface area contributed by atoms with E-state index in [4.69, 9.17) is 0 Å². The molecule has 4 aliphatic carbocycles. The molecular formula is C21H29NOS. The van der Waals surface area contributed by atoms with E-state index in [2.05, 4.69) is 44.3 Å². The molecule has 0 radical (unpaired) electrons. The van der Waals surface area contributed by atoms with Crippen LogP contribution in [0.5, 0.6) is 0 Å². The van der Waals surface area contributed by atoms with Crippen LogP contribution in [0.1, 0.15) is 56.6 Å². The van der Waals surface area contributed by atoms with Gasteiger partial charge >= 0.3 is 0 Å². The molecule has 4 saturated carbocycles. The Balaban J connectivity index is 1.43. The van der Waals surface area contributed by atoms with Crippen molar-refractivity contribution in [2.75, 3.05) is 5.32 Å². The van der Waals surface area contributed by atoms with Crippen molar-refractivity contribution in [3.05, 3.63) is 29.3 Å². The summed E-state index contributed by atoms with van der Waals surface area (Å²) in [5.74, 6) is 3.00. The van der Waals surface area contributed by atoms with E-state index in [9.17, 15) is 4.79 Å². The van der Waals surface area contributed by atoms with E-state index in [0.717, 1.165) is 29.0 Å². The first-order chi connectivity index (χ1) is 11.4. The SMILES string of the molecule is Cc1ccc(C)c(NC(=O)[C@H](C)SC23CC4CC(CC(C4)C2)C3)c1. The molecule has 130 valence electrons. The Morgan fingerprint density at radius 3 is 2.29 bits per heavy atom. The molecule has 2 nitrogen and oxygen atoms in total. The Bertz CT molecular complexity index is 618. The molecule has 1 N–H and O–H groups in total. The number of hydrogen-bond acceptors (Lipinski definition) is 2. The molecule has 0 heterocycles. The number of thioether (sulfide) groups is 1. The number of carbonyl (C=O) groups is 1. The van der Waals surface area contributed by atoms with Crippen molar-refractivity contribution in [1.29, 1.82) is 0 Å². The van der Waals surface area contributed by atoms with Gasteiger partial charge in [-0.05, 0) is 94.2 Å². The second kappa shape index (κ2) is 6.09. The van der Waals surface area contributed by atoms with Gasteiger partial charge in [-0.15, -0.1) is 11.8 Å². The molecule has 0 saturated heterocycles. The minimum atomic E-state index is 0.0289. The van der Waals surface area contributed by atoms with Gasteiger partial charge in [0.25, 0.3) is 0 Å². The Labute approximate surface area is 150 Å². The molecule has 1 aromatic carbocycles. The maximum atomic E-state index is 12.8. The van der Waals surface area contributed by atoms with Gasteiger partial charge < -0.3 is 5.32 Å². The van der Waals surface area contributed by atoms with Crippen LogP contribution in [-0.4, -0.2) is 15.9 Å². The van der Waals surface area contributed by atoms with Gasteiger partial charge in [-0.2, -0.15) is 0 Å². The summed E-state index contributed by atoms with van der Waals surface area (Å²) in [6.45, 7) is 6.23. The lowest BCUT2D eigenvalue weighted by atomic mass is 9.56. The minimum Gasteiger partial charge on any atom is -0.325 e. The van der Waals surface area contributed by atoms with Gasteiger partial charge in [-0.3, -0.25) is 4.79 Å². The second-order valence-electron chi connectivity index (χ2n) is 8.67. The monoisotopic (exact) mass is 343 g/mol. The lowest BCUT2D eigenvalue weighted by Gasteiger charge is -2.57. The molecule has 5 rings (SSSR count). The van der Waals surface area contributed by atoms with Crippen molar-refractivity contribution in [1.82, 2.24) is 0 Å². The fraction of sp³-hybridized carbons (Fsp3) is 0.667. The van der Waals surface area contributed by atoms with Crippen molar-refractivity contribution < 1.29 is 4.79 Å². The molecule has 4 aliphatic rings. The zero-order chi connectivity index (χ0) is 16.9. The van der Waals surface area contributed by atoms with Crippen LogP contribution in [0.15, 0.2) is 18.2 Å². The summed E-state index contributed by atoms with van der Waals surface area (Å²) in [7, 11) is 0. The first kappa shape index (κ1) is 16.5. The molecule has 0 aromatic heterocycles. The highest BCUT2D eigenvalue weighted by molar-refractivity contribution is 8.01. The summed E-state index contributed by atoms with van der Waals surface area (Å²) in [5.41, 5.74) is 3.30. The molecular weight excluding hydrogens is 314 g/mol. The smallest absolute Gasteiger partial charge is 0.237 e. The maximum absolute atomic E-state index is 12.8. The van der Waals surface area contributed by atoms with Gasteiger partial charge in [0.15, 0.2) is 0 Å². The van der Waals surface area contributed by atoms with Crippen molar-refractivity contribution >= 4 is 23.4 Å². The molecule has 4 bridgehead atoms. The third kappa shape index (κ3) is 3.12. The lowest BCUT2D eigenvalue weighted by molar-refractivity contribution is -0.115. The van der Waals surface area contributed by atoms with E-state index in [1.807, 2.05) is 11.8 Å². The van der Waals surface area contributed by atoms with Crippen LogP contribution in [0.4, 0.5) is 5.69 Å². The number of nitrogens with one attached hydrogen (secondary N) is 1. The summed E-state index contributed by atoms with van der Waals surface area (Å²) in [4.78, 5) is 12.8. The quantitative estimate of drug-likeness (QED) is 0.800. The standard InChI is InChI=1S/C21H29NOS/c1-13-4-5-14(2)19(6-13)22-20(23)15(3)24-21-10-16-7-17(11-21)9-18(8-16)12-21/h4-6,15-18H,7-12H2,1-3H3,(H,22,23)/t15-,16?,17?,18?,21?/m0/s1. The Morgan fingerprint density at radius 2 is 1.71 bits per heavy atom. The summed E-state index contributed by atoms with van der Waals surface area (Å²) in [6.07, 6.45) is 8.44. The molecule has 4 fully saturated rings. The van der Waals surface area contributed by atoms with Crippen molar-refractivity contribution in [3.63, 3.8) is 0 Å². The van der Waals surface area contributed by atoms with Crippen molar-refractivity contribution in [2.24, 2.45) is 17.8 Å². The normalized spacial score (nSPS) is 35.0. The van der Waals surface area contributed by atoms with Crippen LogP contribution in [0.2, 0.25) is 0 Å². The Hall–Kier alpha value is -0.960. The molecule has 0 aliphatic heterocycles. The van der Waals surface area contributed by atoms with E-state index in [1.165, 1.54) is 44.1 Å². The van der Waals surface area contributed by atoms with Crippen molar-refractivity contribution in [2.45, 2.75) is 69.3 Å². The molecule has 0 spiro atoms. The van der Waals surface area contributed by atoms with Gasteiger partial charge in [-0.25, -0.2) is 0 Å². The van der Waals surface area contributed by atoms with E-state index in [0.29, 0.717) is 4.75 Å².